The van der Waals surface area contributed by atoms with Crippen LogP contribution in [0.15, 0.2) is 46.9 Å². The van der Waals surface area contributed by atoms with E-state index in [4.69, 9.17) is 27.9 Å². The van der Waals surface area contributed by atoms with Crippen molar-refractivity contribution in [2.24, 2.45) is 0 Å². The summed E-state index contributed by atoms with van der Waals surface area (Å²) < 4.78 is 5.81. The van der Waals surface area contributed by atoms with Crippen molar-refractivity contribution in [3.8, 4) is 5.75 Å². The van der Waals surface area contributed by atoms with Crippen LogP contribution < -0.4 is 10.1 Å². The van der Waals surface area contributed by atoms with Crippen molar-refractivity contribution in [1.29, 1.82) is 0 Å². The molecule has 19 heavy (non-hydrogen) atoms. The molecule has 98 valence electrons. The molecule has 2 aromatic carbocycles. The van der Waals surface area contributed by atoms with Crippen LogP contribution in [0.25, 0.3) is 0 Å². The van der Waals surface area contributed by atoms with Gasteiger partial charge in [0.15, 0.2) is 0 Å². The topological polar surface area (TPSA) is 38.3 Å². The summed E-state index contributed by atoms with van der Waals surface area (Å²) in [6.07, 6.45) is -0.655. The van der Waals surface area contributed by atoms with Crippen LogP contribution in [0.2, 0.25) is 10.0 Å². The second kappa shape index (κ2) is 6.28. The normalized spacial score (nSPS) is 10.1. The maximum atomic E-state index is 11.7. The fourth-order valence-electron chi connectivity index (χ4n) is 1.38. The first-order valence-corrected chi connectivity index (χ1v) is 6.79. The van der Waals surface area contributed by atoms with Crippen molar-refractivity contribution in [2.45, 2.75) is 0 Å². The van der Waals surface area contributed by atoms with E-state index >= 15 is 0 Å². The molecule has 0 fully saturated rings. The molecule has 1 N–H and O–H groups in total. The third-order valence-electron chi connectivity index (χ3n) is 2.19. The quantitative estimate of drug-likeness (QED) is 0.782. The highest BCUT2D eigenvalue weighted by Gasteiger charge is 2.12. The SMILES string of the molecule is O=C(Nc1c(Cl)cc(Br)cc1Cl)Oc1ccccc1. The van der Waals surface area contributed by atoms with Crippen LogP contribution in [-0.4, -0.2) is 6.09 Å². The molecule has 0 spiro atoms. The first kappa shape index (κ1) is 14.2. The lowest BCUT2D eigenvalue weighted by molar-refractivity contribution is 0.215. The van der Waals surface area contributed by atoms with E-state index in [0.29, 0.717) is 21.5 Å². The van der Waals surface area contributed by atoms with Crippen molar-refractivity contribution in [3.63, 3.8) is 0 Å². The molecular formula is C13H8BrCl2NO2. The van der Waals surface area contributed by atoms with Crippen LogP contribution in [0.4, 0.5) is 10.5 Å². The molecule has 1 amide bonds. The Hall–Kier alpha value is -1.23. The van der Waals surface area contributed by atoms with Gasteiger partial charge in [-0.3, -0.25) is 5.32 Å². The van der Waals surface area contributed by atoms with Crippen LogP contribution >= 0.6 is 39.1 Å². The summed E-state index contributed by atoms with van der Waals surface area (Å²) in [5.41, 5.74) is 0.312. The molecule has 0 atom stereocenters. The summed E-state index contributed by atoms with van der Waals surface area (Å²) >= 11 is 15.2. The lowest BCUT2D eigenvalue weighted by Gasteiger charge is -2.10. The zero-order chi connectivity index (χ0) is 13.8. The molecule has 0 radical (unpaired) electrons. The average molecular weight is 361 g/mol. The largest absolute Gasteiger partial charge is 0.417 e. The summed E-state index contributed by atoms with van der Waals surface area (Å²) in [7, 11) is 0. The number of nitrogens with one attached hydrogen (secondary N) is 1. The molecule has 0 saturated carbocycles. The first-order chi connectivity index (χ1) is 9.06. The Kier molecular flexibility index (Phi) is 4.69. The zero-order valence-corrected chi connectivity index (χ0v) is 12.6. The Labute approximate surface area is 128 Å². The van der Waals surface area contributed by atoms with Gasteiger partial charge in [-0.15, -0.1) is 0 Å². The van der Waals surface area contributed by atoms with Gasteiger partial charge in [0.2, 0.25) is 0 Å². The summed E-state index contributed by atoms with van der Waals surface area (Å²) in [5.74, 6) is 0.435. The van der Waals surface area contributed by atoms with Crippen molar-refractivity contribution >= 4 is 50.9 Å². The van der Waals surface area contributed by atoms with Crippen LogP contribution in [0.1, 0.15) is 0 Å². The van der Waals surface area contributed by atoms with Crippen molar-refractivity contribution in [1.82, 2.24) is 0 Å². The van der Waals surface area contributed by atoms with E-state index < -0.39 is 6.09 Å². The number of hydrogen-bond acceptors (Lipinski definition) is 2. The van der Waals surface area contributed by atoms with E-state index in [0.717, 1.165) is 4.47 Å². The molecule has 0 saturated heterocycles. The number of ether oxygens (including phenoxy) is 1. The highest BCUT2D eigenvalue weighted by Crippen LogP contribution is 2.33. The Morgan fingerprint density at radius 1 is 1.11 bits per heavy atom. The Bertz CT molecular complexity index is 582. The lowest BCUT2D eigenvalue weighted by atomic mass is 10.3. The molecule has 2 aromatic rings. The monoisotopic (exact) mass is 359 g/mol. The second-order valence-corrected chi connectivity index (χ2v) is 5.30. The molecule has 0 bridgehead atoms. The number of para-hydroxylation sites is 1. The van der Waals surface area contributed by atoms with Crippen molar-refractivity contribution in [2.75, 3.05) is 5.32 Å². The standard InChI is InChI=1S/C13H8BrCl2NO2/c14-8-6-10(15)12(11(16)7-8)17-13(18)19-9-4-2-1-3-5-9/h1-7H,(H,17,18). The van der Waals surface area contributed by atoms with Gasteiger partial charge in [0.25, 0.3) is 0 Å². The minimum atomic E-state index is -0.655. The smallest absolute Gasteiger partial charge is 0.410 e. The maximum absolute atomic E-state index is 11.7. The minimum Gasteiger partial charge on any atom is -0.410 e. The van der Waals surface area contributed by atoms with E-state index in [2.05, 4.69) is 21.2 Å². The average Bonchev–Trinajstić information content (AvgIpc) is 2.35. The van der Waals surface area contributed by atoms with Gasteiger partial charge < -0.3 is 4.74 Å². The number of carbonyl (C=O) groups is 1. The molecule has 0 aliphatic rings. The number of amides is 1. The van der Waals surface area contributed by atoms with Crippen LogP contribution in [0.3, 0.4) is 0 Å². The summed E-state index contributed by atoms with van der Waals surface area (Å²) in [6, 6.07) is 12.0. The van der Waals surface area contributed by atoms with Gasteiger partial charge in [-0.05, 0) is 24.3 Å². The fraction of sp³-hybridized carbons (Fsp3) is 0. The summed E-state index contributed by atoms with van der Waals surface area (Å²) in [5, 5.41) is 3.16. The molecule has 0 aliphatic heterocycles. The van der Waals surface area contributed by atoms with E-state index in [1.165, 1.54) is 0 Å². The molecule has 3 nitrogen and oxygen atoms in total. The number of halogens is 3. The van der Waals surface area contributed by atoms with Crippen LogP contribution in [-0.2, 0) is 0 Å². The second-order valence-electron chi connectivity index (χ2n) is 3.57. The van der Waals surface area contributed by atoms with Gasteiger partial charge in [-0.2, -0.15) is 0 Å². The predicted molar refractivity (Wildman–Crippen MR) is 80.3 cm³/mol. The molecule has 0 aromatic heterocycles. The molecule has 0 heterocycles. The summed E-state index contributed by atoms with van der Waals surface area (Å²) in [4.78, 5) is 11.7. The van der Waals surface area contributed by atoms with Gasteiger partial charge >= 0.3 is 6.09 Å². The molecule has 2 rings (SSSR count). The van der Waals surface area contributed by atoms with Gasteiger partial charge in [-0.25, -0.2) is 4.79 Å². The van der Waals surface area contributed by atoms with Gasteiger partial charge in [0.1, 0.15) is 5.75 Å². The number of rotatable bonds is 2. The highest BCUT2D eigenvalue weighted by atomic mass is 79.9. The molecular weight excluding hydrogens is 353 g/mol. The van der Waals surface area contributed by atoms with Gasteiger partial charge in [0.05, 0.1) is 15.7 Å². The first-order valence-electron chi connectivity index (χ1n) is 5.24. The zero-order valence-electron chi connectivity index (χ0n) is 9.49. The van der Waals surface area contributed by atoms with E-state index in [1.807, 2.05) is 6.07 Å². The van der Waals surface area contributed by atoms with E-state index in [1.54, 1.807) is 36.4 Å². The van der Waals surface area contributed by atoms with Gasteiger partial charge in [-0.1, -0.05) is 57.3 Å². The van der Waals surface area contributed by atoms with Crippen molar-refractivity contribution < 1.29 is 9.53 Å². The van der Waals surface area contributed by atoms with Crippen molar-refractivity contribution in [3.05, 3.63) is 57.0 Å². The lowest BCUT2D eigenvalue weighted by Crippen LogP contribution is -2.17. The third-order valence-corrected chi connectivity index (χ3v) is 3.24. The molecule has 6 heteroatoms. The van der Waals surface area contributed by atoms with E-state index in [-0.39, 0.29) is 0 Å². The highest BCUT2D eigenvalue weighted by molar-refractivity contribution is 9.10. The molecule has 0 aliphatic carbocycles. The van der Waals surface area contributed by atoms with Gasteiger partial charge in [0, 0.05) is 4.47 Å². The number of hydrogen-bond donors (Lipinski definition) is 1. The third kappa shape index (κ3) is 3.86. The van der Waals surface area contributed by atoms with Crippen LogP contribution in [0.5, 0.6) is 5.75 Å². The number of anilines is 1. The number of carbonyl (C=O) groups excluding carboxylic acids is 1. The summed E-state index contributed by atoms with van der Waals surface area (Å²) in [6.45, 7) is 0. The maximum Gasteiger partial charge on any atom is 0.417 e. The Morgan fingerprint density at radius 2 is 1.68 bits per heavy atom. The Balaban J connectivity index is 2.12. The predicted octanol–water partition coefficient (Wildman–Crippen LogP) is 5.37. The fourth-order valence-corrected chi connectivity index (χ4v) is 2.69. The minimum absolute atomic E-state index is 0.312. The van der Waals surface area contributed by atoms with Crippen LogP contribution in [0, 0.1) is 0 Å². The number of benzene rings is 2. The molecule has 0 unspecified atom stereocenters. The Morgan fingerprint density at radius 3 is 2.26 bits per heavy atom. The van der Waals surface area contributed by atoms with E-state index in [9.17, 15) is 4.79 Å².